The van der Waals surface area contributed by atoms with Crippen LogP contribution in [0.5, 0.6) is 0 Å². The summed E-state index contributed by atoms with van der Waals surface area (Å²) in [7, 11) is 0. The number of hydrogen-bond donors (Lipinski definition) is 2. The molecule has 0 aromatic heterocycles. The standard InChI is InChI=1S/C15H28O4/c1-14(2,11-16)9-5-7-12(17)8-6-10-15(3,4)13(18)19/h11-12,17H,5-10H2,1-4H3,(H,18,19). The maximum Gasteiger partial charge on any atom is 0.309 e. The van der Waals surface area contributed by atoms with Crippen LogP contribution in [0.25, 0.3) is 0 Å². The van der Waals surface area contributed by atoms with Crippen LogP contribution in [0.4, 0.5) is 0 Å². The Morgan fingerprint density at radius 1 is 1.11 bits per heavy atom. The molecule has 4 nitrogen and oxygen atoms in total. The molecule has 0 saturated carbocycles. The summed E-state index contributed by atoms with van der Waals surface area (Å²) in [5.41, 5.74) is -1.04. The molecule has 1 unspecified atom stereocenters. The molecule has 1 atom stereocenters. The molecule has 0 spiro atoms. The molecule has 0 fully saturated rings. The summed E-state index contributed by atoms with van der Waals surface area (Å²) in [5, 5.41) is 18.8. The Bertz CT molecular complexity index is 295. The van der Waals surface area contributed by atoms with Crippen LogP contribution in [0, 0.1) is 10.8 Å². The Labute approximate surface area is 116 Å². The Hall–Kier alpha value is -0.900. The zero-order valence-corrected chi connectivity index (χ0v) is 12.6. The lowest BCUT2D eigenvalue weighted by Gasteiger charge is -2.20. The van der Waals surface area contributed by atoms with Gasteiger partial charge in [0.15, 0.2) is 0 Å². The first-order valence-electron chi connectivity index (χ1n) is 6.98. The monoisotopic (exact) mass is 272 g/mol. The maximum absolute atomic E-state index is 10.9. The van der Waals surface area contributed by atoms with Crippen LogP contribution in [0.2, 0.25) is 0 Å². The number of rotatable bonds is 10. The highest BCUT2D eigenvalue weighted by Gasteiger charge is 2.26. The van der Waals surface area contributed by atoms with Crippen LogP contribution in [0.15, 0.2) is 0 Å². The van der Waals surface area contributed by atoms with E-state index in [-0.39, 0.29) is 5.41 Å². The molecule has 112 valence electrons. The Kier molecular flexibility index (Phi) is 7.27. The van der Waals surface area contributed by atoms with E-state index in [1.54, 1.807) is 13.8 Å². The van der Waals surface area contributed by atoms with Gasteiger partial charge in [-0.2, -0.15) is 0 Å². The summed E-state index contributed by atoms with van der Waals surface area (Å²) in [6.45, 7) is 7.19. The lowest BCUT2D eigenvalue weighted by molar-refractivity contribution is -0.147. The maximum atomic E-state index is 10.9. The van der Waals surface area contributed by atoms with Crippen molar-refractivity contribution in [3.05, 3.63) is 0 Å². The van der Waals surface area contributed by atoms with Crippen molar-refractivity contribution in [1.82, 2.24) is 0 Å². The smallest absolute Gasteiger partial charge is 0.309 e. The van der Waals surface area contributed by atoms with Gasteiger partial charge in [0.1, 0.15) is 6.29 Å². The van der Waals surface area contributed by atoms with Gasteiger partial charge < -0.3 is 15.0 Å². The fraction of sp³-hybridized carbons (Fsp3) is 0.867. The molecule has 0 aliphatic carbocycles. The number of aldehydes is 1. The van der Waals surface area contributed by atoms with Crippen molar-refractivity contribution in [2.45, 2.75) is 72.3 Å². The Morgan fingerprint density at radius 3 is 2.00 bits per heavy atom. The summed E-state index contributed by atoms with van der Waals surface area (Å²) >= 11 is 0. The van der Waals surface area contributed by atoms with E-state index in [4.69, 9.17) is 5.11 Å². The summed E-state index contributed by atoms with van der Waals surface area (Å²) in [4.78, 5) is 21.6. The van der Waals surface area contributed by atoms with Gasteiger partial charge in [0.05, 0.1) is 11.5 Å². The number of aliphatic hydroxyl groups excluding tert-OH is 1. The number of carboxylic acids is 1. The molecular formula is C15H28O4. The predicted molar refractivity (Wildman–Crippen MR) is 75.0 cm³/mol. The average molecular weight is 272 g/mol. The molecule has 0 rings (SSSR count). The molecule has 4 heteroatoms. The van der Waals surface area contributed by atoms with Gasteiger partial charge >= 0.3 is 5.97 Å². The largest absolute Gasteiger partial charge is 0.481 e. The van der Waals surface area contributed by atoms with E-state index in [1.807, 2.05) is 13.8 Å². The SMILES string of the molecule is CC(C)(C=O)CCCC(O)CCCC(C)(C)C(=O)O. The highest BCUT2D eigenvalue weighted by atomic mass is 16.4. The van der Waals surface area contributed by atoms with Crippen molar-refractivity contribution < 1.29 is 19.8 Å². The van der Waals surface area contributed by atoms with E-state index < -0.39 is 17.5 Å². The fourth-order valence-corrected chi connectivity index (χ4v) is 1.88. The van der Waals surface area contributed by atoms with Crippen LogP contribution in [0.3, 0.4) is 0 Å². The third kappa shape index (κ3) is 7.98. The van der Waals surface area contributed by atoms with Crippen molar-refractivity contribution in [1.29, 1.82) is 0 Å². The summed E-state index contributed by atoms with van der Waals surface area (Å²) in [5.74, 6) is -0.797. The van der Waals surface area contributed by atoms with E-state index in [9.17, 15) is 14.7 Å². The highest BCUT2D eigenvalue weighted by molar-refractivity contribution is 5.73. The van der Waals surface area contributed by atoms with Gasteiger partial charge in [-0.05, 0) is 52.4 Å². The van der Waals surface area contributed by atoms with Gasteiger partial charge in [-0.25, -0.2) is 0 Å². The minimum absolute atomic E-state index is 0.314. The van der Waals surface area contributed by atoms with Crippen LogP contribution in [0.1, 0.15) is 66.2 Å². The first kappa shape index (κ1) is 18.1. The molecule has 0 aliphatic heterocycles. The quantitative estimate of drug-likeness (QED) is 0.599. The van der Waals surface area contributed by atoms with Crippen molar-refractivity contribution in [2.24, 2.45) is 10.8 Å². The minimum atomic E-state index is -0.797. The lowest BCUT2D eigenvalue weighted by Crippen LogP contribution is -2.24. The van der Waals surface area contributed by atoms with Crippen molar-refractivity contribution >= 4 is 12.3 Å². The molecule has 0 aromatic rings. The third-order valence-electron chi connectivity index (χ3n) is 3.60. The fourth-order valence-electron chi connectivity index (χ4n) is 1.88. The molecule has 0 saturated heterocycles. The highest BCUT2D eigenvalue weighted by Crippen LogP contribution is 2.25. The van der Waals surface area contributed by atoms with E-state index >= 15 is 0 Å². The number of carbonyl (C=O) groups excluding carboxylic acids is 1. The molecule has 0 radical (unpaired) electrons. The number of aliphatic hydroxyl groups is 1. The molecule has 0 bridgehead atoms. The van der Waals surface area contributed by atoms with E-state index in [1.165, 1.54) is 0 Å². The van der Waals surface area contributed by atoms with Gasteiger partial charge in [-0.3, -0.25) is 4.79 Å². The molecule has 0 aliphatic rings. The van der Waals surface area contributed by atoms with Crippen molar-refractivity contribution in [2.75, 3.05) is 0 Å². The first-order valence-corrected chi connectivity index (χ1v) is 6.98. The van der Waals surface area contributed by atoms with Gasteiger partial charge in [0, 0.05) is 5.41 Å². The van der Waals surface area contributed by atoms with Gasteiger partial charge in [-0.1, -0.05) is 13.8 Å². The van der Waals surface area contributed by atoms with Crippen LogP contribution in [-0.2, 0) is 9.59 Å². The lowest BCUT2D eigenvalue weighted by atomic mass is 9.86. The Balaban J connectivity index is 3.80. The van der Waals surface area contributed by atoms with Gasteiger partial charge in [0.2, 0.25) is 0 Å². The minimum Gasteiger partial charge on any atom is -0.481 e. The average Bonchev–Trinajstić information content (AvgIpc) is 2.28. The van der Waals surface area contributed by atoms with Crippen LogP contribution >= 0.6 is 0 Å². The second kappa shape index (κ2) is 7.63. The van der Waals surface area contributed by atoms with E-state index in [2.05, 4.69) is 0 Å². The van der Waals surface area contributed by atoms with Gasteiger partial charge in [-0.15, -0.1) is 0 Å². The van der Waals surface area contributed by atoms with E-state index in [0.29, 0.717) is 25.7 Å². The first-order chi connectivity index (χ1) is 8.60. The predicted octanol–water partition coefficient (Wildman–Crippen LogP) is 3.02. The summed E-state index contributed by atoms with van der Waals surface area (Å²) < 4.78 is 0. The topological polar surface area (TPSA) is 74.6 Å². The summed E-state index contributed by atoms with van der Waals surface area (Å²) in [6, 6.07) is 0. The molecule has 19 heavy (non-hydrogen) atoms. The summed E-state index contributed by atoms with van der Waals surface area (Å²) in [6.07, 6.45) is 4.71. The number of carboxylic acid groups (broad SMARTS) is 1. The van der Waals surface area contributed by atoms with Crippen molar-refractivity contribution in [3.63, 3.8) is 0 Å². The van der Waals surface area contributed by atoms with Crippen LogP contribution in [-0.4, -0.2) is 28.6 Å². The second-order valence-electron chi connectivity index (χ2n) is 6.73. The molecule has 0 amide bonds. The van der Waals surface area contributed by atoms with E-state index in [0.717, 1.165) is 19.1 Å². The zero-order chi connectivity index (χ0) is 15.1. The number of carbonyl (C=O) groups is 2. The third-order valence-corrected chi connectivity index (χ3v) is 3.60. The zero-order valence-electron chi connectivity index (χ0n) is 12.6. The van der Waals surface area contributed by atoms with Crippen LogP contribution < -0.4 is 0 Å². The normalized spacial score (nSPS) is 14.2. The van der Waals surface area contributed by atoms with Crippen molar-refractivity contribution in [3.8, 4) is 0 Å². The molecule has 0 aromatic carbocycles. The second-order valence-corrected chi connectivity index (χ2v) is 6.73. The molecular weight excluding hydrogens is 244 g/mol. The number of hydrogen-bond acceptors (Lipinski definition) is 3. The molecule has 2 N–H and O–H groups in total. The number of aliphatic carboxylic acids is 1. The molecule has 0 heterocycles. The Morgan fingerprint density at radius 2 is 1.58 bits per heavy atom. The van der Waals surface area contributed by atoms with Gasteiger partial charge in [0.25, 0.3) is 0 Å².